The number of aromatic nitrogens is 4. The molecule has 0 saturated heterocycles. The Labute approximate surface area is 150 Å². The summed E-state index contributed by atoms with van der Waals surface area (Å²) in [5, 5.41) is 22.6. The van der Waals surface area contributed by atoms with Gasteiger partial charge in [0, 0.05) is 18.3 Å². The number of hydrogen-bond acceptors (Lipinski definition) is 5. The summed E-state index contributed by atoms with van der Waals surface area (Å²) in [5.74, 6) is 0.985. The highest BCUT2D eigenvalue weighted by atomic mass is 16.3. The lowest BCUT2D eigenvalue weighted by Gasteiger charge is -2.14. The smallest absolute Gasteiger partial charge is 0.324 e. The van der Waals surface area contributed by atoms with Crippen LogP contribution in [0.4, 0.5) is 16.3 Å². The number of hydrogen-bond donors (Lipinski definition) is 3. The second-order valence-corrected chi connectivity index (χ2v) is 5.78. The average molecular weight is 352 g/mol. The lowest BCUT2D eigenvalue weighted by atomic mass is 10.2. The second kappa shape index (κ2) is 8.21. The van der Waals surface area contributed by atoms with Crippen molar-refractivity contribution >= 4 is 17.5 Å². The second-order valence-electron chi connectivity index (χ2n) is 5.78. The standard InChI is InChI=1S/C18H20N6O2/c1-13(10-11-25)24-12-19-23-17(24)15-8-5-9-16(21-15)22-18(26)20-14-6-3-2-4-7-14/h2-9,12-13,25H,10-11H2,1H3,(H2,20,21,22,26). The molecule has 8 nitrogen and oxygen atoms in total. The number of rotatable bonds is 6. The molecule has 2 heterocycles. The Kier molecular flexibility index (Phi) is 5.55. The highest BCUT2D eigenvalue weighted by Crippen LogP contribution is 2.21. The van der Waals surface area contributed by atoms with Crippen LogP contribution in [0.2, 0.25) is 0 Å². The molecule has 0 fully saturated rings. The normalized spacial score (nSPS) is 11.8. The minimum absolute atomic E-state index is 0.0322. The summed E-state index contributed by atoms with van der Waals surface area (Å²) in [6, 6.07) is 14.1. The van der Waals surface area contributed by atoms with E-state index in [4.69, 9.17) is 5.11 Å². The Balaban J connectivity index is 1.75. The van der Waals surface area contributed by atoms with Gasteiger partial charge in [-0.1, -0.05) is 24.3 Å². The summed E-state index contributed by atoms with van der Waals surface area (Å²) in [5.41, 5.74) is 1.28. The number of pyridine rings is 1. The largest absolute Gasteiger partial charge is 0.396 e. The van der Waals surface area contributed by atoms with E-state index in [1.165, 1.54) is 0 Å². The number of carbonyl (C=O) groups is 1. The summed E-state index contributed by atoms with van der Waals surface area (Å²) in [6.45, 7) is 2.05. The van der Waals surface area contributed by atoms with Crippen molar-refractivity contribution in [1.82, 2.24) is 19.7 Å². The molecule has 0 aliphatic carbocycles. The first-order valence-corrected chi connectivity index (χ1v) is 8.28. The highest BCUT2D eigenvalue weighted by molar-refractivity contribution is 5.99. The molecule has 26 heavy (non-hydrogen) atoms. The Morgan fingerprint density at radius 1 is 1.15 bits per heavy atom. The quantitative estimate of drug-likeness (QED) is 0.632. The first-order valence-electron chi connectivity index (χ1n) is 8.28. The van der Waals surface area contributed by atoms with E-state index in [9.17, 15) is 4.79 Å². The molecule has 0 spiro atoms. The monoisotopic (exact) mass is 352 g/mol. The lowest BCUT2D eigenvalue weighted by Crippen LogP contribution is -2.20. The molecule has 3 N–H and O–H groups in total. The molecule has 0 aliphatic heterocycles. The molecule has 2 aromatic heterocycles. The predicted octanol–water partition coefficient (Wildman–Crippen LogP) is 2.93. The van der Waals surface area contributed by atoms with E-state index in [0.717, 1.165) is 0 Å². The molecule has 0 radical (unpaired) electrons. The van der Waals surface area contributed by atoms with Gasteiger partial charge in [0.2, 0.25) is 0 Å². The Bertz CT molecular complexity index is 865. The fourth-order valence-electron chi connectivity index (χ4n) is 2.50. The van der Waals surface area contributed by atoms with Crippen molar-refractivity contribution in [2.75, 3.05) is 17.2 Å². The van der Waals surface area contributed by atoms with E-state index in [2.05, 4.69) is 25.8 Å². The Morgan fingerprint density at radius 3 is 2.73 bits per heavy atom. The van der Waals surface area contributed by atoms with E-state index < -0.39 is 0 Å². The maximum absolute atomic E-state index is 12.1. The number of urea groups is 1. The molecule has 1 aromatic carbocycles. The molecule has 0 aliphatic rings. The first-order chi connectivity index (χ1) is 12.7. The SMILES string of the molecule is CC(CCO)n1cnnc1-c1cccc(NC(=O)Nc2ccccc2)n1. The van der Waals surface area contributed by atoms with Crippen LogP contribution in [0.5, 0.6) is 0 Å². The van der Waals surface area contributed by atoms with E-state index in [1.54, 1.807) is 36.7 Å². The molecule has 3 rings (SSSR count). The van der Waals surface area contributed by atoms with Crippen molar-refractivity contribution in [3.8, 4) is 11.5 Å². The van der Waals surface area contributed by atoms with Gasteiger partial charge in [0.15, 0.2) is 5.82 Å². The highest BCUT2D eigenvalue weighted by Gasteiger charge is 2.14. The third-order valence-corrected chi connectivity index (χ3v) is 3.85. The molecular formula is C18H20N6O2. The third-order valence-electron chi connectivity index (χ3n) is 3.85. The molecule has 1 atom stereocenters. The van der Waals surface area contributed by atoms with E-state index in [0.29, 0.717) is 29.4 Å². The number of nitrogens with one attached hydrogen (secondary N) is 2. The molecule has 0 bridgehead atoms. The number of anilines is 2. The number of nitrogens with zero attached hydrogens (tertiary/aromatic N) is 4. The van der Waals surface area contributed by atoms with E-state index in [-0.39, 0.29) is 18.7 Å². The van der Waals surface area contributed by atoms with Crippen LogP contribution in [0.1, 0.15) is 19.4 Å². The maximum Gasteiger partial charge on any atom is 0.324 e. The van der Waals surface area contributed by atoms with Crippen LogP contribution in [0.25, 0.3) is 11.5 Å². The van der Waals surface area contributed by atoms with Crippen molar-refractivity contribution in [2.45, 2.75) is 19.4 Å². The van der Waals surface area contributed by atoms with E-state index in [1.807, 2.05) is 29.7 Å². The minimum atomic E-state index is -0.379. The summed E-state index contributed by atoms with van der Waals surface area (Å²) in [6.07, 6.45) is 2.20. The summed E-state index contributed by atoms with van der Waals surface area (Å²) in [4.78, 5) is 16.6. The number of para-hydroxylation sites is 1. The zero-order chi connectivity index (χ0) is 18.4. The Hall–Kier alpha value is -3.26. The van der Waals surface area contributed by atoms with Crippen molar-refractivity contribution in [2.24, 2.45) is 0 Å². The van der Waals surface area contributed by atoms with Gasteiger partial charge in [-0.15, -0.1) is 10.2 Å². The van der Waals surface area contributed by atoms with E-state index >= 15 is 0 Å². The third kappa shape index (κ3) is 4.22. The number of aliphatic hydroxyl groups is 1. The molecule has 2 amide bonds. The van der Waals surface area contributed by atoms with Crippen LogP contribution in [0.15, 0.2) is 54.9 Å². The lowest BCUT2D eigenvalue weighted by molar-refractivity contribution is 0.261. The van der Waals surface area contributed by atoms with Crippen LogP contribution in [0.3, 0.4) is 0 Å². The van der Waals surface area contributed by atoms with Crippen molar-refractivity contribution < 1.29 is 9.90 Å². The van der Waals surface area contributed by atoms with Crippen molar-refractivity contribution in [1.29, 1.82) is 0 Å². The average Bonchev–Trinajstić information content (AvgIpc) is 3.13. The number of benzene rings is 1. The molecule has 0 saturated carbocycles. The van der Waals surface area contributed by atoms with Gasteiger partial charge in [0.05, 0.1) is 0 Å². The zero-order valence-corrected chi connectivity index (χ0v) is 14.3. The van der Waals surface area contributed by atoms with Crippen LogP contribution < -0.4 is 10.6 Å². The minimum Gasteiger partial charge on any atom is -0.396 e. The van der Waals surface area contributed by atoms with Gasteiger partial charge >= 0.3 is 6.03 Å². The van der Waals surface area contributed by atoms with Gasteiger partial charge in [-0.3, -0.25) is 5.32 Å². The first kappa shape index (κ1) is 17.6. The van der Waals surface area contributed by atoms with Crippen LogP contribution in [0, 0.1) is 0 Å². The van der Waals surface area contributed by atoms with Crippen LogP contribution in [-0.4, -0.2) is 37.5 Å². The summed E-state index contributed by atoms with van der Waals surface area (Å²) in [7, 11) is 0. The fraction of sp³-hybridized carbons (Fsp3) is 0.222. The van der Waals surface area contributed by atoms with Crippen molar-refractivity contribution in [3.05, 3.63) is 54.9 Å². The van der Waals surface area contributed by atoms with Gasteiger partial charge in [0.25, 0.3) is 0 Å². The number of aliphatic hydroxyl groups excluding tert-OH is 1. The van der Waals surface area contributed by atoms with Gasteiger partial charge in [-0.05, 0) is 37.6 Å². The molecular weight excluding hydrogens is 332 g/mol. The fourth-order valence-corrected chi connectivity index (χ4v) is 2.50. The van der Waals surface area contributed by atoms with Crippen molar-refractivity contribution in [3.63, 3.8) is 0 Å². The molecule has 8 heteroatoms. The van der Waals surface area contributed by atoms with Gasteiger partial charge < -0.3 is 15.0 Å². The maximum atomic E-state index is 12.1. The summed E-state index contributed by atoms with van der Waals surface area (Å²) >= 11 is 0. The summed E-state index contributed by atoms with van der Waals surface area (Å²) < 4.78 is 1.85. The van der Waals surface area contributed by atoms with Crippen LogP contribution >= 0.6 is 0 Å². The molecule has 3 aromatic rings. The number of carbonyl (C=O) groups excluding carboxylic acids is 1. The van der Waals surface area contributed by atoms with Crippen LogP contribution in [-0.2, 0) is 0 Å². The predicted molar refractivity (Wildman–Crippen MR) is 98.8 cm³/mol. The zero-order valence-electron chi connectivity index (χ0n) is 14.3. The number of amides is 2. The topological polar surface area (TPSA) is 105 Å². The molecule has 1 unspecified atom stereocenters. The van der Waals surface area contributed by atoms with Gasteiger partial charge in [-0.25, -0.2) is 9.78 Å². The molecule has 134 valence electrons. The Morgan fingerprint density at radius 2 is 1.96 bits per heavy atom. The van der Waals surface area contributed by atoms with Gasteiger partial charge in [0.1, 0.15) is 17.8 Å². The van der Waals surface area contributed by atoms with Gasteiger partial charge in [-0.2, -0.15) is 0 Å².